The van der Waals surface area contributed by atoms with Crippen LogP contribution in [0.3, 0.4) is 0 Å². The number of aryl methyl sites for hydroxylation is 3. The SMILES string of the molecule is Cc1nc2ccc(C(=O)N3CCN(c4nc5ccccc5nc4C)CC3)cc2nc1C. The molecule has 156 valence electrons. The fourth-order valence-electron chi connectivity index (χ4n) is 4.05. The van der Waals surface area contributed by atoms with E-state index in [1.54, 1.807) is 0 Å². The normalized spacial score (nSPS) is 14.4. The average molecular weight is 412 g/mol. The van der Waals surface area contributed by atoms with E-state index in [4.69, 9.17) is 9.97 Å². The lowest BCUT2D eigenvalue weighted by Gasteiger charge is -2.36. The number of piperazine rings is 1. The molecule has 4 aromatic rings. The quantitative estimate of drug-likeness (QED) is 0.502. The second-order valence-corrected chi connectivity index (χ2v) is 8.00. The van der Waals surface area contributed by atoms with E-state index >= 15 is 0 Å². The smallest absolute Gasteiger partial charge is 0.254 e. The van der Waals surface area contributed by atoms with Crippen LogP contribution >= 0.6 is 0 Å². The van der Waals surface area contributed by atoms with Gasteiger partial charge in [0.25, 0.3) is 5.91 Å². The minimum Gasteiger partial charge on any atom is -0.352 e. The summed E-state index contributed by atoms with van der Waals surface area (Å²) in [6.45, 7) is 8.62. The summed E-state index contributed by atoms with van der Waals surface area (Å²) in [6, 6.07) is 13.5. The maximum absolute atomic E-state index is 13.1. The molecular weight excluding hydrogens is 388 g/mol. The van der Waals surface area contributed by atoms with Crippen LogP contribution in [-0.2, 0) is 0 Å². The van der Waals surface area contributed by atoms with Crippen molar-refractivity contribution in [1.82, 2.24) is 24.8 Å². The van der Waals surface area contributed by atoms with Gasteiger partial charge >= 0.3 is 0 Å². The Morgan fingerprint density at radius 3 is 2.00 bits per heavy atom. The number of aromatic nitrogens is 4. The molecule has 1 aliphatic heterocycles. The van der Waals surface area contributed by atoms with Crippen molar-refractivity contribution < 1.29 is 4.79 Å². The molecule has 0 unspecified atom stereocenters. The molecule has 2 aromatic carbocycles. The minimum atomic E-state index is 0.0305. The third-order valence-corrected chi connectivity index (χ3v) is 5.91. The molecule has 0 N–H and O–H groups in total. The molecule has 31 heavy (non-hydrogen) atoms. The van der Waals surface area contributed by atoms with Gasteiger partial charge in [0, 0.05) is 31.7 Å². The van der Waals surface area contributed by atoms with Gasteiger partial charge in [-0.3, -0.25) is 4.79 Å². The monoisotopic (exact) mass is 412 g/mol. The number of carbonyl (C=O) groups is 1. The first kappa shape index (κ1) is 19.4. The van der Waals surface area contributed by atoms with E-state index in [1.807, 2.05) is 68.1 Å². The van der Waals surface area contributed by atoms with E-state index in [0.29, 0.717) is 18.7 Å². The third kappa shape index (κ3) is 3.56. The maximum Gasteiger partial charge on any atom is 0.254 e. The number of rotatable bonds is 2. The Bertz CT molecular complexity index is 1310. The average Bonchev–Trinajstić information content (AvgIpc) is 2.79. The fraction of sp³-hybridized carbons (Fsp3) is 0.292. The molecule has 0 radical (unpaired) electrons. The zero-order chi connectivity index (χ0) is 21.5. The van der Waals surface area contributed by atoms with Crippen molar-refractivity contribution in [3.05, 3.63) is 65.1 Å². The maximum atomic E-state index is 13.1. The molecule has 3 heterocycles. The van der Waals surface area contributed by atoms with Gasteiger partial charge in [0.1, 0.15) is 0 Å². The summed E-state index contributed by atoms with van der Waals surface area (Å²) in [5, 5.41) is 0. The Labute approximate surface area is 180 Å². The minimum absolute atomic E-state index is 0.0305. The Balaban J connectivity index is 1.33. The Morgan fingerprint density at radius 2 is 1.29 bits per heavy atom. The molecule has 0 aliphatic carbocycles. The van der Waals surface area contributed by atoms with Crippen molar-refractivity contribution in [2.45, 2.75) is 20.8 Å². The van der Waals surface area contributed by atoms with Gasteiger partial charge in [-0.05, 0) is 51.1 Å². The molecule has 7 nitrogen and oxygen atoms in total. The van der Waals surface area contributed by atoms with Gasteiger partial charge in [-0.1, -0.05) is 12.1 Å². The van der Waals surface area contributed by atoms with Gasteiger partial charge < -0.3 is 9.80 Å². The van der Waals surface area contributed by atoms with Crippen LogP contribution in [0.1, 0.15) is 27.4 Å². The molecule has 1 amide bonds. The first-order valence-corrected chi connectivity index (χ1v) is 10.5. The topological polar surface area (TPSA) is 75.1 Å². The summed E-state index contributed by atoms with van der Waals surface area (Å²) in [5.74, 6) is 0.931. The molecule has 1 fully saturated rings. The summed E-state index contributed by atoms with van der Waals surface area (Å²) >= 11 is 0. The summed E-state index contributed by atoms with van der Waals surface area (Å²) in [4.78, 5) is 35.9. The molecule has 0 saturated carbocycles. The highest BCUT2D eigenvalue weighted by Crippen LogP contribution is 2.22. The van der Waals surface area contributed by atoms with Crippen LogP contribution in [0.25, 0.3) is 22.1 Å². The van der Waals surface area contributed by atoms with E-state index in [0.717, 1.165) is 58.1 Å². The molecule has 0 atom stereocenters. The van der Waals surface area contributed by atoms with E-state index in [1.165, 1.54) is 0 Å². The number of benzene rings is 2. The first-order chi connectivity index (χ1) is 15.0. The zero-order valence-electron chi connectivity index (χ0n) is 18.0. The highest BCUT2D eigenvalue weighted by molar-refractivity contribution is 5.97. The van der Waals surface area contributed by atoms with E-state index in [-0.39, 0.29) is 5.91 Å². The lowest BCUT2D eigenvalue weighted by Crippen LogP contribution is -2.49. The van der Waals surface area contributed by atoms with Crippen molar-refractivity contribution in [2.24, 2.45) is 0 Å². The van der Waals surface area contributed by atoms with Crippen LogP contribution in [0, 0.1) is 20.8 Å². The van der Waals surface area contributed by atoms with Crippen LogP contribution in [0.2, 0.25) is 0 Å². The number of anilines is 1. The predicted molar refractivity (Wildman–Crippen MR) is 121 cm³/mol. The Kier molecular flexibility index (Phi) is 4.73. The molecule has 1 aliphatic rings. The number of hydrogen-bond acceptors (Lipinski definition) is 6. The molecule has 5 rings (SSSR count). The number of para-hydroxylation sites is 2. The number of amides is 1. The Hall–Kier alpha value is -3.61. The van der Waals surface area contributed by atoms with Crippen LogP contribution < -0.4 is 4.90 Å². The molecular formula is C24H24N6O. The number of carbonyl (C=O) groups excluding carboxylic acids is 1. The molecule has 0 bridgehead atoms. The van der Waals surface area contributed by atoms with Crippen LogP contribution in [0.4, 0.5) is 5.82 Å². The fourth-order valence-corrected chi connectivity index (χ4v) is 4.05. The summed E-state index contributed by atoms with van der Waals surface area (Å²) in [6.07, 6.45) is 0. The molecule has 0 spiro atoms. The lowest BCUT2D eigenvalue weighted by atomic mass is 10.1. The number of nitrogens with zero attached hydrogens (tertiary/aromatic N) is 6. The van der Waals surface area contributed by atoms with E-state index in [9.17, 15) is 4.79 Å². The number of fused-ring (bicyclic) bond motifs is 2. The lowest BCUT2D eigenvalue weighted by molar-refractivity contribution is 0.0746. The van der Waals surface area contributed by atoms with Gasteiger partial charge in [-0.25, -0.2) is 19.9 Å². The zero-order valence-corrected chi connectivity index (χ0v) is 18.0. The van der Waals surface area contributed by atoms with Gasteiger partial charge in [-0.2, -0.15) is 0 Å². The highest BCUT2D eigenvalue weighted by Gasteiger charge is 2.24. The van der Waals surface area contributed by atoms with Gasteiger partial charge in [0.05, 0.1) is 39.1 Å². The highest BCUT2D eigenvalue weighted by atomic mass is 16.2. The number of hydrogen-bond donors (Lipinski definition) is 0. The molecule has 2 aromatic heterocycles. The first-order valence-electron chi connectivity index (χ1n) is 10.5. The summed E-state index contributed by atoms with van der Waals surface area (Å²) in [5.41, 5.74) is 6.74. The molecule has 1 saturated heterocycles. The second-order valence-electron chi connectivity index (χ2n) is 8.00. The summed E-state index contributed by atoms with van der Waals surface area (Å²) in [7, 11) is 0. The third-order valence-electron chi connectivity index (χ3n) is 5.91. The van der Waals surface area contributed by atoms with E-state index < -0.39 is 0 Å². The predicted octanol–water partition coefficient (Wildman–Crippen LogP) is 3.46. The van der Waals surface area contributed by atoms with Gasteiger partial charge in [-0.15, -0.1) is 0 Å². The van der Waals surface area contributed by atoms with Gasteiger partial charge in [0.2, 0.25) is 0 Å². The Morgan fingerprint density at radius 1 is 0.710 bits per heavy atom. The van der Waals surface area contributed by atoms with Crippen LogP contribution in [-0.4, -0.2) is 56.9 Å². The van der Waals surface area contributed by atoms with Crippen molar-refractivity contribution >= 4 is 33.8 Å². The van der Waals surface area contributed by atoms with Gasteiger partial charge in [0.15, 0.2) is 5.82 Å². The second kappa shape index (κ2) is 7.58. The van der Waals surface area contributed by atoms with Crippen molar-refractivity contribution in [1.29, 1.82) is 0 Å². The standard InChI is InChI=1S/C24H24N6O/c1-15-16(2)26-22-14-18(8-9-21(22)25-15)24(31)30-12-10-29(11-13-30)23-17(3)27-19-6-4-5-7-20(19)28-23/h4-9,14H,10-13H2,1-3H3. The van der Waals surface area contributed by atoms with Crippen molar-refractivity contribution in [2.75, 3.05) is 31.1 Å². The van der Waals surface area contributed by atoms with Crippen LogP contribution in [0.5, 0.6) is 0 Å². The largest absolute Gasteiger partial charge is 0.352 e. The van der Waals surface area contributed by atoms with Crippen LogP contribution in [0.15, 0.2) is 42.5 Å². The molecule has 7 heteroatoms. The summed E-state index contributed by atoms with van der Waals surface area (Å²) < 4.78 is 0. The van der Waals surface area contributed by atoms with E-state index in [2.05, 4.69) is 14.9 Å². The van der Waals surface area contributed by atoms with Crippen molar-refractivity contribution in [3.63, 3.8) is 0 Å². The van der Waals surface area contributed by atoms with Crippen molar-refractivity contribution in [3.8, 4) is 0 Å².